The van der Waals surface area contributed by atoms with Crippen LogP contribution in [0.4, 0.5) is 0 Å². The standard InChI is InChI=1S/C18H22BrN3/c1-14-5-3-9-21-17(14)18(15-6-2-7-16(19)13-15)22-11-4-8-20-10-12-22/h2-3,5-7,9,13,18,20H,4,8,10-12H2,1H3. The van der Waals surface area contributed by atoms with Crippen LogP contribution in [-0.4, -0.2) is 36.1 Å². The summed E-state index contributed by atoms with van der Waals surface area (Å²) in [5.74, 6) is 0. The van der Waals surface area contributed by atoms with Gasteiger partial charge in [-0.1, -0.05) is 34.1 Å². The quantitative estimate of drug-likeness (QED) is 0.908. The van der Waals surface area contributed by atoms with Crippen LogP contribution in [0.25, 0.3) is 0 Å². The number of benzene rings is 1. The first kappa shape index (κ1) is 15.7. The van der Waals surface area contributed by atoms with Gasteiger partial charge in [-0.25, -0.2) is 0 Å². The average molecular weight is 360 g/mol. The smallest absolute Gasteiger partial charge is 0.0779 e. The maximum Gasteiger partial charge on any atom is 0.0779 e. The van der Waals surface area contributed by atoms with E-state index in [4.69, 9.17) is 4.98 Å². The molecule has 3 rings (SSSR count). The lowest BCUT2D eigenvalue weighted by Crippen LogP contribution is -2.33. The van der Waals surface area contributed by atoms with Crippen LogP contribution in [0.2, 0.25) is 0 Å². The van der Waals surface area contributed by atoms with Crippen LogP contribution in [0.5, 0.6) is 0 Å². The Morgan fingerprint density at radius 2 is 2.09 bits per heavy atom. The zero-order chi connectivity index (χ0) is 15.4. The van der Waals surface area contributed by atoms with Gasteiger partial charge in [0.25, 0.3) is 0 Å². The predicted octanol–water partition coefficient (Wildman–Crippen LogP) is 3.54. The molecule has 0 amide bonds. The fourth-order valence-electron chi connectivity index (χ4n) is 3.13. The SMILES string of the molecule is Cc1cccnc1C(c1cccc(Br)c1)N1CCCNCC1. The minimum absolute atomic E-state index is 0.221. The van der Waals surface area contributed by atoms with Crippen molar-refractivity contribution < 1.29 is 0 Å². The molecule has 1 saturated heterocycles. The highest BCUT2D eigenvalue weighted by Gasteiger charge is 2.25. The van der Waals surface area contributed by atoms with E-state index >= 15 is 0 Å². The van der Waals surface area contributed by atoms with Crippen molar-refractivity contribution >= 4 is 15.9 Å². The third-order valence-electron chi connectivity index (χ3n) is 4.21. The molecule has 2 heterocycles. The first-order chi connectivity index (χ1) is 10.8. The van der Waals surface area contributed by atoms with E-state index in [1.165, 1.54) is 23.2 Å². The van der Waals surface area contributed by atoms with Crippen molar-refractivity contribution in [3.63, 3.8) is 0 Å². The summed E-state index contributed by atoms with van der Waals surface area (Å²) in [6.45, 7) is 6.44. The first-order valence-electron chi connectivity index (χ1n) is 7.87. The first-order valence-corrected chi connectivity index (χ1v) is 8.67. The number of rotatable bonds is 3. The second kappa shape index (κ2) is 7.36. The fourth-order valence-corrected chi connectivity index (χ4v) is 3.54. The summed E-state index contributed by atoms with van der Waals surface area (Å²) in [5.41, 5.74) is 3.73. The highest BCUT2D eigenvalue weighted by atomic mass is 79.9. The number of aryl methyl sites for hydroxylation is 1. The van der Waals surface area contributed by atoms with Gasteiger partial charge >= 0.3 is 0 Å². The number of hydrogen-bond acceptors (Lipinski definition) is 3. The van der Waals surface area contributed by atoms with Gasteiger partial charge in [0.05, 0.1) is 11.7 Å². The summed E-state index contributed by atoms with van der Waals surface area (Å²) in [6.07, 6.45) is 3.08. The maximum atomic E-state index is 4.71. The van der Waals surface area contributed by atoms with E-state index in [-0.39, 0.29) is 6.04 Å². The zero-order valence-electron chi connectivity index (χ0n) is 12.9. The molecule has 1 aliphatic heterocycles. The molecular formula is C18H22BrN3. The van der Waals surface area contributed by atoms with E-state index in [9.17, 15) is 0 Å². The summed E-state index contributed by atoms with van der Waals surface area (Å²) < 4.78 is 1.12. The molecule has 0 saturated carbocycles. The van der Waals surface area contributed by atoms with Crippen LogP contribution in [0.15, 0.2) is 47.1 Å². The molecule has 1 fully saturated rings. The van der Waals surface area contributed by atoms with Crippen molar-refractivity contribution in [2.75, 3.05) is 26.2 Å². The van der Waals surface area contributed by atoms with Gasteiger partial charge in [-0.3, -0.25) is 9.88 Å². The summed E-state index contributed by atoms with van der Waals surface area (Å²) >= 11 is 3.61. The Labute approximate surface area is 140 Å². The summed E-state index contributed by atoms with van der Waals surface area (Å²) in [6, 6.07) is 13.0. The van der Waals surface area contributed by atoms with Crippen LogP contribution in [-0.2, 0) is 0 Å². The maximum absolute atomic E-state index is 4.71. The average Bonchev–Trinajstić information content (AvgIpc) is 2.79. The molecule has 4 heteroatoms. The van der Waals surface area contributed by atoms with Gasteiger partial charge < -0.3 is 5.32 Å². The molecule has 22 heavy (non-hydrogen) atoms. The lowest BCUT2D eigenvalue weighted by molar-refractivity contribution is 0.236. The second-order valence-corrected chi connectivity index (χ2v) is 6.72. The molecular weight excluding hydrogens is 338 g/mol. The summed E-state index contributed by atoms with van der Waals surface area (Å²) in [7, 11) is 0. The lowest BCUT2D eigenvalue weighted by atomic mass is 9.98. The number of nitrogens with zero attached hydrogens (tertiary/aromatic N) is 2. The molecule has 116 valence electrons. The monoisotopic (exact) mass is 359 g/mol. The number of hydrogen-bond donors (Lipinski definition) is 1. The van der Waals surface area contributed by atoms with E-state index in [1.54, 1.807) is 0 Å². The molecule has 2 aromatic rings. The number of halogens is 1. The summed E-state index contributed by atoms with van der Waals surface area (Å²) in [4.78, 5) is 7.27. The van der Waals surface area contributed by atoms with Gasteiger partial charge in [0.1, 0.15) is 0 Å². The Morgan fingerprint density at radius 1 is 1.18 bits per heavy atom. The van der Waals surface area contributed by atoms with Crippen molar-refractivity contribution in [3.8, 4) is 0 Å². The third kappa shape index (κ3) is 3.57. The van der Waals surface area contributed by atoms with Crippen molar-refractivity contribution in [1.82, 2.24) is 15.2 Å². The topological polar surface area (TPSA) is 28.2 Å². The molecule has 0 radical (unpaired) electrons. The molecule has 0 spiro atoms. The predicted molar refractivity (Wildman–Crippen MR) is 94.0 cm³/mol. The van der Waals surface area contributed by atoms with Crippen molar-refractivity contribution in [2.45, 2.75) is 19.4 Å². The lowest BCUT2D eigenvalue weighted by Gasteiger charge is -2.31. The fraction of sp³-hybridized carbons (Fsp3) is 0.389. The van der Waals surface area contributed by atoms with E-state index in [1.807, 2.05) is 12.3 Å². The summed E-state index contributed by atoms with van der Waals surface area (Å²) in [5, 5.41) is 3.49. The Kier molecular flexibility index (Phi) is 5.24. The number of nitrogens with one attached hydrogen (secondary N) is 1. The van der Waals surface area contributed by atoms with Crippen LogP contribution in [0.1, 0.15) is 29.3 Å². The Morgan fingerprint density at radius 3 is 2.91 bits per heavy atom. The molecule has 0 aliphatic carbocycles. The largest absolute Gasteiger partial charge is 0.315 e. The highest BCUT2D eigenvalue weighted by Crippen LogP contribution is 2.31. The number of pyridine rings is 1. The molecule has 1 N–H and O–H groups in total. The molecule has 1 aromatic carbocycles. The molecule has 1 unspecified atom stereocenters. The minimum Gasteiger partial charge on any atom is -0.315 e. The third-order valence-corrected chi connectivity index (χ3v) is 4.71. The van der Waals surface area contributed by atoms with E-state index in [0.29, 0.717) is 0 Å². The number of aromatic nitrogens is 1. The van der Waals surface area contributed by atoms with Crippen LogP contribution < -0.4 is 5.32 Å². The van der Waals surface area contributed by atoms with Crippen molar-refractivity contribution in [3.05, 3.63) is 63.9 Å². The second-order valence-electron chi connectivity index (χ2n) is 5.80. The molecule has 1 aliphatic rings. The Hall–Kier alpha value is -1.23. The van der Waals surface area contributed by atoms with Gasteiger partial charge in [0.2, 0.25) is 0 Å². The Balaban J connectivity index is 2.03. The van der Waals surface area contributed by atoms with E-state index < -0.39 is 0 Å². The van der Waals surface area contributed by atoms with E-state index in [2.05, 4.69) is 63.4 Å². The molecule has 1 atom stereocenters. The molecule has 1 aromatic heterocycles. The molecule has 0 bridgehead atoms. The van der Waals surface area contributed by atoms with Gasteiger partial charge in [-0.05, 0) is 49.2 Å². The van der Waals surface area contributed by atoms with Gasteiger partial charge in [0.15, 0.2) is 0 Å². The highest BCUT2D eigenvalue weighted by molar-refractivity contribution is 9.10. The van der Waals surface area contributed by atoms with Crippen LogP contribution in [0, 0.1) is 6.92 Å². The zero-order valence-corrected chi connectivity index (χ0v) is 14.5. The van der Waals surface area contributed by atoms with Crippen LogP contribution >= 0.6 is 15.9 Å². The molecule has 3 nitrogen and oxygen atoms in total. The normalized spacial score (nSPS) is 17.9. The van der Waals surface area contributed by atoms with Crippen LogP contribution in [0.3, 0.4) is 0 Å². The van der Waals surface area contributed by atoms with E-state index in [0.717, 1.165) is 30.7 Å². The van der Waals surface area contributed by atoms with Crippen molar-refractivity contribution in [2.24, 2.45) is 0 Å². The minimum atomic E-state index is 0.221. The van der Waals surface area contributed by atoms with Crippen molar-refractivity contribution in [1.29, 1.82) is 0 Å². The van der Waals surface area contributed by atoms with Gasteiger partial charge in [-0.15, -0.1) is 0 Å². The van der Waals surface area contributed by atoms with Gasteiger partial charge in [0, 0.05) is 30.3 Å². The van der Waals surface area contributed by atoms with Gasteiger partial charge in [-0.2, -0.15) is 0 Å². The Bertz CT molecular complexity index is 621.